The lowest BCUT2D eigenvalue weighted by Gasteiger charge is -2.03. The lowest BCUT2D eigenvalue weighted by Crippen LogP contribution is -2.02. The summed E-state index contributed by atoms with van der Waals surface area (Å²) in [5.41, 5.74) is 1.32. The number of hydrogen-bond acceptors (Lipinski definition) is 5. The Morgan fingerprint density at radius 3 is 2.41 bits per heavy atom. The average molecular weight is 374 g/mol. The molecular formula is C21H14N2O3S. The summed E-state index contributed by atoms with van der Waals surface area (Å²) in [7, 11) is -3.99. The molecule has 1 heterocycles. The van der Waals surface area contributed by atoms with E-state index in [1.54, 1.807) is 18.2 Å². The molecule has 1 aromatic heterocycles. The number of aryl methyl sites for hydroxylation is 1. The zero-order valence-corrected chi connectivity index (χ0v) is 15.2. The highest BCUT2D eigenvalue weighted by Crippen LogP contribution is 2.32. The Morgan fingerprint density at radius 1 is 0.963 bits per heavy atom. The van der Waals surface area contributed by atoms with Gasteiger partial charge in [0, 0.05) is 5.56 Å². The topological polar surface area (TPSA) is 84.0 Å². The lowest BCUT2D eigenvalue weighted by molar-refractivity contribution is 0.457. The van der Waals surface area contributed by atoms with E-state index >= 15 is 0 Å². The number of hydrogen-bond donors (Lipinski definition) is 0. The summed E-state index contributed by atoms with van der Waals surface area (Å²) in [6.07, 6.45) is 0. The molecule has 0 atom stereocenters. The first kappa shape index (κ1) is 17.0. The number of fused-ring (bicyclic) bond motifs is 1. The van der Waals surface area contributed by atoms with Crippen molar-refractivity contribution in [1.29, 1.82) is 5.26 Å². The number of rotatable bonds is 3. The van der Waals surface area contributed by atoms with Crippen molar-refractivity contribution in [3.8, 4) is 17.5 Å². The second kappa shape index (κ2) is 6.38. The van der Waals surface area contributed by atoms with Crippen molar-refractivity contribution in [3.63, 3.8) is 0 Å². The van der Waals surface area contributed by atoms with Crippen LogP contribution in [-0.2, 0) is 9.84 Å². The van der Waals surface area contributed by atoms with E-state index in [0.29, 0.717) is 5.56 Å². The fourth-order valence-electron chi connectivity index (χ4n) is 2.91. The fraction of sp³-hybridized carbons (Fsp3) is 0.0476. The SMILES string of the molecule is Cc1ccc(S(=O)(=O)c2oc(-c3cccc4ccccc34)nc2C#N)cc1. The number of sulfone groups is 1. The molecule has 0 saturated heterocycles. The third kappa shape index (κ3) is 2.88. The number of aromatic nitrogens is 1. The highest BCUT2D eigenvalue weighted by Gasteiger charge is 2.29. The highest BCUT2D eigenvalue weighted by molar-refractivity contribution is 7.91. The Bertz CT molecular complexity index is 1290. The predicted molar refractivity (Wildman–Crippen MR) is 101 cm³/mol. The summed E-state index contributed by atoms with van der Waals surface area (Å²) in [6.45, 7) is 1.87. The van der Waals surface area contributed by atoms with Crippen LogP contribution in [0, 0.1) is 18.3 Å². The molecule has 0 amide bonds. The predicted octanol–water partition coefficient (Wildman–Crippen LogP) is 4.51. The monoisotopic (exact) mass is 374 g/mol. The molecule has 0 N–H and O–H groups in total. The maximum Gasteiger partial charge on any atom is 0.261 e. The van der Waals surface area contributed by atoms with Crippen molar-refractivity contribution in [2.24, 2.45) is 0 Å². The minimum Gasteiger partial charge on any atom is -0.423 e. The van der Waals surface area contributed by atoms with Crippen LogP contribution >= 0.6 is 0 Å². The van der Waals surface area contributed by atoms with Gasteiger partial charge in [-0.2, -0.15) is 10.2 Å². The zero-order chi connectivity index (χ0) is 19.0. The minimum atomic E-state index is -3.99. The van der Waals surface area contributed by atoms with Crippen LogP contribution in [0.5, 0.6) is 0 Å². The van der Waals surface area contributed by atoms with E-state index < -0.39 is 14.9 Å². The molecule has 3 aromatic carbocycles. The van der Waals surface area contributed by atoms with Crippen molar-refractivity contribution in [2.75, 3.05) is 0 Å². The van der Waals surface area contributed by atoms with Gasteiger partial charge in [0.05, 0.1) is 4.90 Å². The zero-order valence-electron chi connectivity index (χ0n) is 14.4. The number of oxazole rings is 1. The Morgan fingerprint density at radius 2 is 1.67 bits per heavy atom. The maximum absolute atomic E-state index is 12.9. The van der Waals surface area contributed by atoms with Crippen molar-refractivity contribution in [1.82, 2.24) is 4.98 Å². The Labute approximate surface area is 156 Å². The van der Waals surface area contributed by atoms with Crippen molar-refractivity contribution in [3.05, 3.63) is 78.0 Å². The molecule has 132 valence electrons. The van der Waals surface area contributed by atoms with Gasteiger partial charge in [-0.15, -0.1) is 0 Å². The summed E-state index contributed by atoms with van der Waals surface area (Å²) < 4.78 is 31.5. The van der Waals surface area contributed by atoms with Gasteiger partial charge < -0.3 is 4.42 Å². The van der Waals surface area contributed by atoms with Gasteiger partial charge in [0.2, 0.25) is 15.7 Å². The number of benzene rings is 3. The molecule has 0 aliphatic heterocycles. The quantitative estimate of drug-likeness (QED) is 0.527. The molecule has 4 rings (SSSR count). The summed E-state index contributed by atoms with van der Waals surface area (Å²) in [5.74, 6) is 0.106. The standard InChI is InChI=1S/C21H14N2O3S/c1-14-9-11-16(12-10-14)27(24,25)21-19(13-22)23-20(26-21)18-8-4-6-15-5-2-3-7-17(15)18/h2-12H,1H3. The fourth-order valence-corrected chi connectivity index (χ4v) is 4.15. The van der Waals surface area contributed by atoms with Gasteiger partial charge in [-0.3, -0.25) is 0 Å². The van der Waals surface area contributed by atoms with Gasteiger partial charge in [-0.05, 0) is 35.9 Å². The molecule has 0 saturated carbocycles. The van der Waals surface area contributed by atoms with E-state index in [1.165, 1.54) is 12.1 Å². The molecule has 0 bridgehead atoms. The van der Waals surface area contributed by atoms with Crippen LogP contribution in [0.3, 0.4) is 0 Å². The Balaban J connectivity index is 1.91. The van der Waals surface area contributed by atoms with Gasteiger partial charge >= 0.3 is 0 Å². The number of nitrogens with zero attached hydrogens (tertiary/aromatic N) is 2. The molecule has 0 fully saturated rings. The molecule has 0 spiro atoms. The van der Waals surface area contributed by atoms with Gasteiger partial charge in [0.25, 0.3) is 5.09 Å². The second-order valence-electron chi connectivity index (χ2n) is 6.11. The summed E-state index contributed by atoms with van der Waals surface area (Å²) in [4.78, 5) is 4.21. The van der Waals surface area contributed by atoms with E-state index in [4.69, 9.17) is 4.42 Å². The van der Waals surface area contributed by atoms with Crippen molar-refractivity contribution in [2.45, 2.75) is 16.9 Å². The van der Waals surface area contributed by atoms with Gasteiger partial charge in [0.15, 0.2) is 5.69 Å². The summed E-state index contributed by atoms with van der Waals surface area (Å²) >= 11 is 0. The lowest BCUT2D eigenvalue weighted by atomic mass is 10.0. The van der Waals surface area contributed by atoms with E-state index in [1.807, 2.05) is 49.4 Å². The third-order valence-corrected chi connectivity index (χ3v) is 5.95. The van der Waals surface area contributed by atoms with Gasteiger partial charge in [-0.1, -0.05) is 54.1 Å². The summed E-state index contributed by atoms with van der Waals surface area (Å²) in [5, 5.41) is 10.8. The molecule has 4 aromatic rings. The molecule has 0 radical (unpaired) electrons. The molecule has 27 heavy (non-hydrogen) atoms. The van der Waals surface area contributed by atoms with Crippen LogP contribution in [0.4, 0.5) is 0 Å². The highest BCUT2D eigenvalue weighted by atomic mass is 32.2. The molecule has 6 heteroatoms. The Hall–Kier alpha value is -3.43. The largest absolute Gasteiger partial charge is 0.423 e. The van der Waals surface area contributed by atoms with E-state index in [-0.39, 0.29) is 16.5 Å². The van der Waals surface area contributed by atoms with E-state index in [0.717, 1.165) is 16.3 Å². The first-order valence-corrected chi connectivity index (χ1v) is 9.70. The maximum atomic E-state index is 12.9. The number of nitriles is 1. The normalized spacial score (nSPS) is 11.4. The molecule has 0 aliphatic carbocycles. The van der Waals surface area contributed by atoms with Crippen LogP contribution in [0.1, 0.15) is 11.3 Å². The first-order valence-electron chi connectivity index (χ1n) is 8.21. The third-order valence-electron chi connectivity index (χ3n) is 4.30. The average Bonchev–Trinajstić information content (AvgIpc) is 3.13. The second-order valence-corrected chi connectivity index (χ2v) is 7.96. The van der Waals surface area contributed by atoms with Crippen molar-refractivity contribution < 1.29 is 12.8 Å². The molecular weight excluding hydrogens is 360 g/mol. The van der Waals surface area contributed by atoms with Crippen LogP contribution < -0.4 is 0 Å². The Kier molecular flexibility index (Phi) is 4.02. The smallest absolute Gasteiger partial charge is 0.261 e. The van der Waals surface area contributed by atoms with E-state index in [2.05, 4.69) is 4.98 Å². The first-order chi connectivity index (χ1) is 13.0. The molecule has 0 unspecified atom stereocenters. The van der Waals surface area contributed by atoms with Gasteiger partial charge in [-0.25, -0.2) is 8.42 Å². The van der Waals surface area contributed by atoms with E-state index in [9.17, 15) is 13.7 Å². The molecule has 0 aliphatic rings. The van der Waals surface area contributed by atoms with Crippen LogP contribution in [-0.4, -0.2) is 13.4 Å². The van der Waals surface area contributed by atoms with Gasteiger partial charge in [0.1, 0.15) is 6.07 Å². The van der Waals surface area contributed by atoms with Crippen molar-refractivity contribution >= 4 is 20.6 Å². The summed E-state index contributed by atoms with van der Waals surface area (Å²) in [6, 6.07) is 21.4. The van der Waals surface area contributed by atoms with Crippen LogP contribution in [0.2, 0.25) is 0 Å². The van der Waals surface area contributed by atoms with Crippen LogP contribution in [0.15, 0.2) is 81.1 Å². The minimum absolute atomic E-state index is 0.0604. The van der Waals surface area contributed by atoms with Crippen LogP contribution in [0.25, 0.3) is 22.2 Å². The molecule has 5 nitrogen and oxygen atoms in total.